The minimum atomic E-state index is -0.00262. The standard InChI is InChI=1S/C26H23NO2/c1-29-25-17-19-10-6-5-9-18(19)15-20(25)16-23-22-13-7-8-14-24(22)27(26(23)28)21-11-3-2-4-12-21/h2-4,7-8,11-17H,5-6,9-10H2,1H3/b23-16+. The van der Waals surface area contributed by atoms with Crippen molar-refractivity contribution in [1.29, 1.82) is 0 Å². The van der Waals surface area contributed by atoms with Crippen LogP contribution in [0, 0.1) is 0 Å². The van der Waals surface area contributed by atoms with Crippen molar-refractivity contribution in [2.75, 3.05) is 12.0 Å². The molecule has 0 spiro atoms. The van der Waals surface area contributed by atoms with Gasteiger partial charge in [0, 0.05) is 16.8 Å². The molecule has 1 heterocycles. The second kappa shape index (κ2) is 7.25. The molecule has 0 fully saturated rings. The molecular weight excluding hydrogens is 358 g/mol. The topological polar surface area (TPSA) is 29.5 Å². The quantitative estimate of drug-likeness (QED) is 0.537. The van der Waals surface area contributed by atoms with Gasteiger partial charge in [-0.2, -0.15) is 0 Å². The highest BCUT2D eigenvalue weighted by atomic mass is 16.5. The molecule has 1 amide bonds. The van der Waals surface area contributed by atoms with Crippen LogP contribution >= 0.6 is 0 Å². The van der Waals surface area contributed by atoms with Crippen LogP contribution in [0.1, 0.15) is 35.1 Å². The van der Waals surface area contributed by atoms with Crippen LogP contribution in [0.2, 0.25) is 0 Å². The van der Waals surface area contributed by atoms with Crippen LogP contribution in [0.5, 0.6) is 5.75 Å². The molecule has 3 aromatic rings. The minimum absolute atomic E-state index is 0.00262. The molecule has 1 aliphatic heterocycles. The Kier molecular flexibility index (Phi) is 4.44. The van der Waals surface area contributed by atoms with E-state index in [0.717, 1.165) is 41.1 Å². The zero-order chi connectivity index (χ0) is 19.8. The molecule has 0 saturated heterocycles. The Balaban J connectivity index is 1.65. The van der Waals surface area contributed by atoms with Gasteiger partial charge in [0.15, 0.2) is 0 Å². The molecule has 0 saturated carbocycles. The van der Waals surface area contributed by atoms with Gasteiger partial charge >= 0.3 is 0 Å². The summed E-state index contributed by atoms with van der Waals surface area (Å²) in [6.45, 7) is 0. The first-order valence-corrected chi connectivity index (χ1v) is 10.2. The van der Waals surface area contributed by atoms with Gasteiger partial charge in [0.05, 0.1) is 18.4 Å². The molecule has 29 heavy (non-hydrogen) atoms. The Morgan fingerprint density at radius 2 is 1.59 bits per heavy atom. The Labute approximate surface area is 171 Å². The third-order valence-corrected chi connectivity index (χ3v) is 5.88. The summed E-state index contributed by atoms with van der Waals surface area (Å²) >= 11 is 0. The first kappa shape index (κ1) is 17.7. The number of hydrogen-bond acceptors (Lipinski definition) is 2. The number of fused-ring (bicyclic) bond motifs is 2. The molecule has 0 bridgehead atoms. The zero-order valence-corrected chi connectivity index (χ0v) is 16.5. The van der Waals surface area contributed by atoms with Crippen molar-refractivity contribution in [2.45, 2.75) is 25.7 Å². The van der Waals surface area contributed by atoms with Crippen LogP contribution in [0.15, 0.2) is 66.7 Å². The van der Waals surface area contributed by atoms with E-state index in [9.17, 15) is 4.79 Å². The second-order valence-corrected chi connectivity index (χ2v) is 7.62. The van der Waals surface area contributed by atoms with Crippen molar-refractivity contribution >= 4 is 28.9 Å². The third kappa shape index (κ3) is 3.03. The highest BCUT2D eigenvalue weighted by Crippen LogP contribution is 2.43. The second-order valence-electron chi connectivity index (χ2n) is 7.62. The number of aryl methyl sites for hydroxylation is 2. The van der Waals surface area contributed by atoms with E-state index in [1.54, 1.807) is 12.0 Å². The van der Waals surface area contributed by atoms with E-state index < -0.39 is 0 Å². The fourth-order valence-corrected chi connectivity index (χ4v) is 4.44. The van der Waals surface area contributed by atoms with Gasteiger partial charge in [-0.05, 0) is 73.2 Å². The molecule has 2 aliphatic rings. The number of ether oxygens (including phenoxy) is 1. The van der Waals surface area contributed by atoms with Crippen molar-refractivity contribution < 1.29 is 9.53 Å². The van der Waals surface area contributed by atoms with E-state index in [-0.39, 0.29) is 5.91 Å². The average molecular weight is 381 g/mol. The molecule has 0 N–H and O–H groups in total. The van der Waals surface area contributed by atoms with E-state index >= 15 is 0 Å². The highest BCUT2D eigenvalue weighted by Gasteiger charge is 2.33. The van der Waals surface area contributed by atoms with Crippen LogP contribution in [0.3, 0.4) is 0 Å². The largest absolute Gasteiger partial charge is 0.496 e. The lowest BCUT2D eigenvalue weighted by Crippen LogP contribution is -2.20. The summed E-state index contributed by atoms with van der Waals surface area (Å²) in [5.74, 6) is 0.832. The van der Waals surface area contributed by atoms with Crippen LogP contribution < -0.4 is 9.64 Å². The minimum Gasteiger partial charge on any atom is -0.496 e. The SMILES string of the molecule is COc1cc2c(cc1/C=C1/C(=O)N(c3ccccc3)c3ccccc31)CCCC2. The Bertz CT molecular complexity index is 1110. The van der Waals surface area contributed by atoms with Crippen LogP contribution in [0.25, 0.3) is 11.6 Å². The van der Waals surface area contributed by atoms with E-state index in [4.69, 9.17) is 4.74 Å². The zero-order valence-electron chi connectivity index (χ0n) is 16.5. The van der Waals surface area contributed by atoms with Crippen LogP contribution in [-0.4, -0.2) is 13.0 Å². The van der Waals surface area contributed by atoms with Gasteiger partial charge in [0.1, 0.15) is 5.75 Å². The van der Waals surface area contributed by atoms with Gasteiger partial charge < -0.3 is 4.74 Å². The number of carbonyl (C=O) groups excluding carboxylic acids is 1. The fraction of sp³-hybridized carbons (Fsp3) is 0.192. The maximum absolute atomic E-state index is 13.5. The summed E-state index contributed by atoms with van der Waals surface area (Å²) in [5.41, 5.74) is 7.19. The summed E-state index contributed by atoms with van der Waals surface area (Å²) in [6, 6.07) is 22.2. The third-order valence-electron chi connectivity index (χ3n) is 5.88. The number of hydrogen-bond donors (Lipinski definition) is 0. The van der Waals surface area contributed by atoms with E-state index in [1.165, 1.54) is 24.0 Å². The smallest absolute Gasteiger partial charge is 0.263 e. The van der Waals surface area contributed by atoms with E-state index in [1.807, 2.05) is 60.7 Å². The Morgan fingerprint density at radius 3 is 2.34 bits per heavy atom. The molecule has 0 aromatic heterocycles. The van der Waals surface area contributed by atoms with Gasteiger partial charge in [-0.15, -0.1) is 0 Å². The number of benzene rings is 3. The van der Waals surface area contributed by atoms with Crippen molar-refractivity contribution in [2.24, 2.45) is 0 Å². The molecule has 3 aromatic carbocycles. The predicted molar refractivity (Wildman–Crippen MR) is 118 cm³/mol. The number of nitrogens with zero attached hydrogens (tertiary/aromatic N) is 1. The summed E-state index contributed by atoms with van der Waals surface area (Å²) in [4.78, 5) is 15.3. The Hall–Kier alpha value is -3.33. The first-order valence-electron chi connectivity index (χ1n) is 10.2. The van der Waals surface area contributed by atoms with E-state index in [2.05, 4.69) is 12.1 Å². The fourth-order valence-electron chi connectivity index (χ4n) is 4.44. The number of para-hydroxylation sites is 2. The van der Waals surface area contributed by atoms with Crippen molar-refractivity contribution in [3.05, 3.63) is 89.0 Å². The summed E-state index contributed by atoms with van der Waals surface area (Å²) < 4.78 is 5.69. The summed E-state index contributed by atoms with van der Waals surface area (Å²) in [5, 5.41) is 0. The maximum atomic E-state index is 13.5. The molecule has 0 radical (unpaired) electrons. The van der Waals surface area contributed by atoms with Gasteiger partial charge in [-0.1, -0.05) is 36.4 Å². The molecule has 5 rings (SSSR count). The summed E-state index contributed by atoms with van der Waals surface area (Å²) in [7, 11) is 1.70. The lowest BCUT2D eigenvalue weighted by atomic mass is 9.89. The normalized spacial score (nSPS) is 16.7. The molecule has 1 aliphatic carbocycles. The van der Waals surface area contributed by atoms with Gasteiger partial charge in [0.25, 0.3) is 5.91 Å². The van der Waals surface area contributed by atoms with Crippen molar-refractivity contribution in [3.63, 3.8) is 0 Å². The lowest BCUT2D eigenvalue weighted by Gasteiger charge is -2.18. The molecule has 0 unspecified atom stereocenters. The van der Waals surface area contributed by atoms with E-state index in [0.29, 0.717) is 5.57 Å². The maximum Gasteiger partial charge on any atom is 0.263 e. The Morgan fingerprint density at radius 1 is 0.897 bits per heavy atom. The van der Waals surface area contributed by atoms with Gasteiger partial charge in [0.2, 0.25) is 0 Å². The summed E-state index contributed by atoms with van der Waals surface area (Å²) in [6.07, 6.45) is 6.65. The van der Waals surface area contributed by atoms with Crippen molar-refractivity contribution in [3.8, 4) is 5.75 Å². The molecule has 3 heteroatoms. The number of amides is 1. The first-order chi connectivity index (χ1) is 14.3. The molecule has 3 nitrogen and oxygen atoms in total. The van der Waals surface area contributed by atoms with Gasteiger partial charge in [-0.3, -0.25) is 9.69 Å². The number of methoxy groups -OCH3 is 1. The average Bonchev–Trinajstić information content (AvgIpc) is 3.05. The highest BCUT2D eigenvalue weighted by molar-refractivity contribution is 6.38. The molecule has 0 atom stereocenters. The predicted octanol–water partition coefficient (Wildman–Crippen LogP) is 5.79. The number of rotatable bonds is 3. The lowest BCUT2D eigenvalue weighted by molar-refractivity contribution is -0.112. The monoisotopic (exact) mass is 381 g/mol. The van der Waals surface area contributed by atoms with Crippen LogP contribution in [-0.2, 0) is 17.6 Å². The molecule has 144 valence electrons. The number of carbonyl (C=O) groups is 1. The van der Waals surface area contributed by atoms with Gasteiger partial charge in [-0.25, -0.2) is 0 Å². The number of anilines is 2. The molecular formula is C26H23NO2. The van der Waals surface area contributed by atoms with Crippen LogP contribution in [0.4, 0.5) is 11.4 Å². The van der Waals surface area contributed by atoms with Crippen molar-refractivity contribution in [1.82, 2.24) is 0 Å².